The molecule has 200 valence electrons. The second-order valence-corrected chi connectivity index (χ2v) is 10.0. The molecule has 0 unspecified atom stereocenters. The molecule has 3 heterocycles. The summed E-state index contributed by atoms with van der Waals surface area (Å²) < 4.78 is 60.7. The number of ether oxygens (including phenoxy) is 2. The van der Waals surface area contributed by atoms with E-state index in [1.165, 1.54) is 12.1 Å². The van der Waals surface area contributed by atoms with Gasteiger partial charge in [-0.2, -0.15) is 28.6 Å². The normalized spacial score (nSPS) is 20.8. The SMILES string of the molecule is O=C(OCc1ccc(OCC(F)(F)F)cc1F)N1CCC2(CC1)CN(C(=O)[C@H]1CCc3n[nH]nc3C1)C2. The lowest BCUT2D eigenvalue weighted by Crippen LogP contribution is -2.63. The minimum absolute atomic E-state index is 0.00148. The van der Waals surface area contributed by atoms with Gasteiger partial charge in [0.2, 0.25) is 5.91 Å². The lowest BCUT2D eigenvalue weighted by Gasteiger charge is -2.54. The molecule has 5 rings (SSSR count). The zero-order valence-corrected chi connectivity index (χ0v) is 20.0. The summed E-state index contributed by atoms with van der Waals surface area (Å²) in [7, 11) is 0. The number of carbonyl (C=O) groups excluding carboxylic acids is 2. The third-order valence-electron chi connectivity index (χ3n) is 7.45. The van der Waals surface area contributed by atoms with Crippen LogP contribution in [-0.2, 0) is 29.0 Å². The number of hydrogen-bond acceptors (Lipinski definition) is 6. The number of alkyl halides is 3. The third kappa shape index (κ3) is 5.64. The van der Waals surface area contributed by atoms with Crippen LogP contribution < -0.4 is 4.74 Å². The van der Waals surface area contributed by atoms with Crippen LogP contribution in [0.15, 0.2) is 18.2 Å². The van der Waals surface area contributed by atoms with Crippen LogP contribution >= 0.6 is 0 Å². The molecular formula is C24H27F4N5O4. The Balaban J connectivity index is 1.05. The third-order valence-corrected chi connectivity index (χ3v) is 7.45. The van der Waals surface area contributed by atoms with Crippen molar-refractivity contribution in [3.8, 4) is 5.75 Å². The van der Waals surface area contributed by atoms with Crippen LogP contribution in [-0.4, -0.2) is 76.2 Å². The molecule has 2 saturated heterocycles. The van der Waals surface area contributed by atoms with Crippen molar-refractivity contribution in [2.24, 2.45) is 11.3 Å². The second kappa shape index (κ2) is 9.82. The van der Waals surface area contributed by atoms with Gasteiger partial charge in [-0.3, -0.25) is 4.79 Å². The maximum absolute atomic E-state index is 14.2. The van der Waals surface area contributed by atoms with E-state index in [-0.39, 0.29) is 35.2 Å². The van der Waals surface area contributed by atoms with E-state index in [9.17, 15) is 27.2 Å². The number of nitrogens with zero attached hydrogens (tertiary/aromatic N) is 4. The minimum atomic E-state index is -4.52. The average Bonchev–Trinajstić information content (AvgIpc) is 3.32. The standard InChI is InChI=1S/C24H27F4N5O4/c25-18-10-17(37-14-24(26,27)28)3-1-16(18)11-36-22(35)32-7-5-23(6-8-32)12-33(13-23)21(34)15-2-4-19-20(9-15)30-31-29-19/h1,3,10,15H,2,4-9,11-14H2,(H,29,30,31)/t15-/m0/s1. The van der Waals surface area contributed by atoms with Crippen LogP contribution in [0.5, 0.6) is 5.75 Å². The number of piperidine rings is 1. The van der Waals surface area contributed by atoms with Gasteiger partial charge in [-0.15, -0.1) is 0 Å². The van der Waals surface area contributed by atoms with Crippen molar-refractivity contribution in [3.05, 3.63) is 41.0 Å². The van der Waals surface area contributed by atoms with Crippen LogP contribution in [0.4, 0.5) is 22.4 Å². The average molecular weight is 526 g/mol. The van der Waals surface area contributed by atoms with Crippen LogP contribution in [0.25, 0.3) is 0 Å². The fraction of sp³-hybridized carbons (Fsp3) is 0.583. The van der Waals surface area contributed by atoms with E-state index in [1.54, 1.807) is 4.90 Å². The first-order valence-electron chi connectivity index (χ1n) is 12.2. The molecule has 1 spiro atoms. The molecule has 1 aliphatic carbocycles. The highest BCUT2D eigenvalue weighted by Crippen LogP contribution is 2.42. The van der Waals surface area contributed by atoms with Crippen LogP contribution in [0.3, 0.4) is 0 Å². The molecule has 3 aliphatic rings. The van der Waals surface area contributed by atoms with Gasteiger partial charge in [-0.05, 0) is 37.8 Å². The smallest absolute Gasteiger partial charge is 0.422 e. The van der Waals surface area contributed by atoms with Gasteiger partial charge < -0.3 is 19.3 Å². The zero-order valence-electron chi connectivity index (χ0n) is 20.0. The van der Waals surface area contributed by atoms with Gasteiger partial charge in [-0.25, -0.2) is 9.18 Å². The lowest BCUT2D eigenvalue weighted by atomic mass is 9.71. The largest absolute Gasteiger partial charge is 0.484 e. The number of aromatic nitrogens is 3. The molecule has 1 aromatic carbocycles. The van der Waals surface area contributed by atoms with Crippen LogP contribution in [0.2, 0.25) is 0 Å². The molecule has 0 bridgehead atoms. The summed E-state index contributed by atoms with van der Waals surface area (Å²) in [4.78, 5) is 28.9. The molecule has 2 aromatic rings. The summed E-state index contributed by atoms with van der Waals surface area (Å²) in [6, 6.07) is 3.26. The van der Waals surface area contributed by atoms with Gasteiger partial charge in [0.25, 0.3) is 0 Å². The van der Waals surface area contributed by atoms with Gasteiger partial charge >= 0.3 is 12.3 Å². The van der Waals surface area contributed by atoms with E-state index >= 15 is 0 Å². The van der Waals surface area contributed by atoms with Crippen molar-refractivity contribution in [1.82, 2.24) is 25.2 Å². The van der Waals surface area contributed by atoms with E-state index in [0.29, 0.717) is 32.6 Å². The first-order chi connectivity index (χ1) is 17.6. The molecule has 2 amide bonds. The van der Waals surface area contributed by atoms with Gasteiger partial charge in [0, 0.05) is 55.6 Å². The Morgan fingerprint density at radius 1 is 1.11 bits per heavy atom. The number of likely N-dealkylation sites (tertiary alicyclic amines) is 2. The van der Waals surface area contributed by atoms with Crippen molar-refractivity contribution in [1.29, 1.82) is 0 Å². The second-order valence-electron chi connectivity index (χ2n) is 10.0. The number of rotatable bonds is 5. The highest BCUT2D eigenvalue weighted by molar-refractivity contribution is 5.80. The Kier molecular flexibility index (Phi) is 6.71. The van der Waals surface area contributed by atoms with Crippen LogP contribution in [0.1, 0.15) is 36.2 Å². The van der Waals surface area contributed by atoms with Crippen LogP contribution in [0, 0.1) is 17.2 Å². The molecule has 2 fully saturated rings. The fourth-order valence-electron chi connectivity index (χ4n) is 5.28. The molecule has 0 radical (unpaired) electrons. The molecule has 0 saturated carbocycles. The van der Waals surface area contributed by atoms with Crippen molar-refractivity contribution in [2.45, 2.75) is 44.9 Å². The predicted molar refractivity (Wildman–Crippen MR) is 120 cm³/mol. The number of amides is 2. The van der Waals surface area contributed by atoms with Gasteiger partial charge in [0.15, 0.2) is 6.61 Å². The Morgan fingerprint density at radius 3 is 2.54 bits per heavy atom. The number of carbonyl (C=O) groups is 2. The Labute approximate surface area is 210 Å². The number of fused-ring (bicyclic) bond motifs is 1. The van der Waals surface area contributed by atoms with E-state index in [1.807, 2.05) is 4.90 Å². The summed E-state index contributed by atoms with van der Waals surface area (Å²) in [6.07, 6.45) is -1.50. The van der Waals surface area contributed by atoms with E-state index in [4.69, 9.17) is 4.74 Å². The summed E-state index contributed by atoms with van der Waals surface area (Å²) in [5.74, 6) is -0.999. The Hall–Kier alpha value is -3.38. The Morgan fingerprint density at radius 2 is 1.84 bits per heavy atom. The van der Waals surface area contributed by atoms with Gasteiger partial charge in [0.1, 0.15) is 18.2 Å². The van der Waals surface area contributed by atoms with Gasteiger partial charge in [-0.1, -0.05) is 0 Å². The monoisotopic (exact) mass is 525 g/mol. The molecule has 1 N–H and O–H groups in total. The molecule has 1 aromatic heterocycles. The number of aryl methyl sites for hydroxylation is 1. The number of aromatic amines is 1. The number of benzene rings is 1. The maximum atomic E-state index is 14.2. The number of H-pyrrole nitrogens is 1. The number of hydrogen-bond donors (Lipinski definition) is 1. The molecular weight excluding hydrogens is 498 g/mol. The van der Waals surface area contributed by atoms with E-state index in [0.717, 1.165) is 43.1 Å². The summed E-state index contributed by atoms with van der Waals surface area (Å²) in [5.41, 5.74) is 1.85. The molecule has 13 heteroatoms. The maximum Gasteiger partial charge on any atom is 0.422 e. The zero-order chi connectivity index (χ0) is 26.2. The fourth-order valence-corrected chi connectivity index (χ4v) is 5.28. The molecule has 9 nitrogen and oxygen atoms in total. The lowest BCUT2D eigenvalue weighted by molar-refractivity contribution is -0.153. The van der Waals surface area contributed by atoms with E-state index < -0.39 is 24.7 Å². The number of nitrogens with one attached hydrogen (secondary N) is 1. The molecule has 1 atom stereocenters. The summed E-state index contributed by atoms with van der Waals surface area (Å²) >= 11 is 0. The van der Waals surface area contributed by atoms with Crippen molar-refractivity contribution >= 4 is 12.0 Å². The van der Waals surface area contributed by atoms with Crippen molar-refractivity contribution < 1.29 is 36.6 Å². The van der Waals surface area contributed by atoms with Gasteiger partial charge in [0.05, 0.1) is 11.4 Å². The topological polar surface area (TPSA) is 101 Å². The molecule has 2 aliphatic heterocycles. The number of halogens is 4. The first-order valence-corrected chi connectivity index (χ1v) is 12.2. The summed E-state index contributed by atoms with van der Waals surface area (Å²) in [6.45, 7) is 0.421. The van der Waals surface area contributed by atoms with E-state index in [2.05, 4.69) is 20.1 Å². The highest BCUT2D eigenvalue weighted by atomic mass is 19.4. The van der Waals surface area contributed by atoms with Crippen molar-refractivity contribution in [3.63, 3.8) is 0 Å². The predicted octanol–water partition coefficient (Wildman–Crippen LogP) is 3.25. The minimum Gasteiger partial charge on any atom is -0.484 e. The highest BCUT2D eigenvalue weighted by Gasteiger charge is 2.48. The summed E-state index contributed by atoms with van der Waals surface area (Å²) in [5, 5.41) is 10.9. The van der Waals surface area contributed by atoms with Crippen molar-refractivity contribution in [2.75, 3.05) is 32.8 Å². The Bertz CT molecular complexity index is 1150. The quantitative estimate of drug-likeness (QED) is 0.602. The first kappa shape index (κ1) is 25.3. The molecule has 37 heavy (non-hydrogen) atoms.